The first kappa shape index (κ1) is 11.1. The van der Waals surface area contributed by atoms with E-state index < -0.39 is 10.8 Å². The molecule has 0 saturated heterocycles. The molecule has 1 aromatic heterocycles. The largest absolute Gasteiger partial charge is 0.323 e. The molecule has 0 spiro atoms. The molecule has 3 rings (SSSR count). The van der Waals surface area contributed by atoms with Crippen molar-refractivity contribution in [1.29, 1.82) is 0 Å². The summed E-state index contributed by atoms with van der Waals surface area (Å²) >= 11 is 1.54. The van der Waals surface area contributed by atoms with Crippen LogP contribution in [0.2, 0.25) is 0 Å². The standard InChI is InChI=1S/C13H13NOS2/c14-13-10-5-2-1-4-9(10)8-11(13)17(15)12-6-3-7-16-12/h1-7,11,13H,8,14H2. The van der Waals surface area contributed by atoms with Crippen LogP contribution in [0.3, 0.4) is 0 Å². The molecule has 4 heteroatoms. The number of thiophene rings is 1. The van der Waals surface area contributed by atoms with Gasteiger partial charge in [0.1, 0.15) is 0 Å². The van der Waals surface area contributed by atoms with Gasteiger partial charge in [0.25, 0.3) is 0 Å². The van der Waals surface area contributed by atoms with Gasteiger partial charge in [0, 0.05) is 6.04 Å². The highest BCUT2D eigenvalue weighted by molar-refractivity contribution is 7.88. The molecule has 0 bridgehead atoms. The van der Waals surface area contributed by atoms with Crippen molar-refractivity contribution in [2.24, 2.45) is 5.73 Å². The van der Waals surface area contributed by atoms with Gasteiger partial charge in [-0.3, -0.25) is 4.21 Å². The molecule has 88 valence electrons. The van der Waals surface area contributed by atoms with E-state index >= 15 is 0 Å². The van der Waals surface area contributed by atoms with E-state index in [9.17, 15) is 4.21 Å². The second-order valence-electron chi connectivity index (χ2n) is 4.20. The summed E-state index contributed by atoms with van der Waals surface area (Å²) in [6.45, 7) is 0. The second kappa shape index (κ2) is 4.37. The van der Waals surface area contributed by atoms with E-state index in [1.165, 1.54) is 5.56 Å². The lowest BCUT2D eigenvalue weighted by atomic mass is 10.1. The predicted octanol–water partition coefficient (Wildman–Crippen LogP) is 2.48. The Kier molecular flexibility index (Phi) is 2.86. The second-order valence-corrected chi connectivity index (χ2v) is 7.04. The molecule has 0 radical (unpaired) electrons. The van der Waals surface area contributed by atoms with Crippen LogP contribution >= 0.6 is 11.3 Å². The first-order valence-corrected chi connectivity index (χ1v) is 7.64. The van der Waals surface area contributed by atoms with E-state index in [0.717, 1.165) is 16.2 Å². The van der Waals surface area contributed by atoms with E-state index in [1.807, 2.05) is 35.7 Å². The van der Waals surface area contributed by atoms with Crippen LogP contribution in [0.4, 0.5) is 0 Å². The van der Waals surface area contributed by atoms with Gasteiger partial charge in [-0.15, -0.1) is 11.3 Å². The molecule has 0 fully saturated rings. The first-order chi connectivity index (χ1) is 8.27. The van der Waals surface area contributed by atoms with E-state index in [4.69, 9.17) is 5.73 Å². The molecule has 1 aliphatic carbocycles. The van der Waals surface area contributed by atoms with Gasteiger partial charge in [-0.25, -0.2) is 0 Å². The molecule has 3 atom stereocenters. The minimum Gasteiger partial charge on any atom is -0.323 e. The number of hydrogen-bond acceptors (Lipinski definition) is 3. The molecular formula is C13H13NOS2. The highest BCUT2D eigenvalue weighted by atomic mass is 32.2. The minimum atomic E-state index is -0.990. The van der Waals surface area contributed by atoms with E-state index in [1.54, 1.807) is 11.3 Å². The summed E-state index contributed by atoms with van der Waals surface area (Å²) in [5.74, 6) is 0. The average Bonchev–Trinajstić information content (AvgIpc) is 2.97. The molecule has 3 unspecified atom stereocenters. The van der Waals surface area contributed by atoms with Crippen LogP contribution in [-0.4, -0.2) is 9.46 Å². The Morgan fingerprint density at radius 2 is 2.06 bits per heavy atom. The lowest BCUT2D eigenvalue weighted by molar-refractivity contribution is 0.648. The van der Waals surface area contributed by atoms with Crippen LogP contribution in [0.25, 0.3) is 0 Å². The fraction of sp³-hybridized carbons (Fsp3) is 0.231. The van der Waals surface area contributed by atoms with Crippen LogP contribution in [0.1, 0.15) is 17.2 Å². The normalized spacial score (nSPS) is 24.5. The smallest absolute Gasteiger partial charge is 0.0914 e. The molecule has 1 heterocycles. The monoisotopic (exact) mass is 263 g/mol. The quantitative estimate of drug-likeness (QED) is 0.904. The van der Waals surface area contributed by atoms with Gasteiger partial charge in [-0.2, -0.15) is 0 Å². The van der Waals surface area contributed by atoms with Crippen molar-refractivity contribution in [3.8, 4) is 0 Å². The van der Waals surface area contributed by atoms with Crippen LogP contribution in [0, 0.1) is 0 Å². The van der Waals surface area contributed by atoms with Gasteiger partial charge >= 0.3 is 0 Å². The topological polar surface area (TPSA) is 43.1 Å². The maximum atomic E-state index is 12.4. The molecule has 1 aliphatic rings. The highest BCUT2D eigenvalue weighted by Gasteiger charge is 2.34. The Hall–Kier alpha value is -0.970. The lowest BCUT2D eigenvalue weighted by Crippen LogP contribution is -2.26. The van der Waals surface area contributed by atoms with Gasteiger partial charge in [-0.05, 0) is 29.0 Å². The number of benzene rings is 1. The Labute approximate surface area is 107 Å². The third-order valence-corrected chi connectivity index (χ3v) is 6.19. The third-order valence-electron chi connectivity index (χ3n) is 3.20. The molecule has 17 heavy (non-hydrogen) atoms. The van der Waals surface area contributed by atoms with Crippen molar-refractivity contribution in [3.63, 3.8) is 0 Å². The fourth-order valence-electron chi connectivity index (χ4n) is 2.33. The summed E-state index contributed by atoms with van der Waals surface area (Å²) in [5, 5.41) is 1.98. The maximum absolute atomic E-state index is 12.4. The summed E-state index contributed by atoms with van der Waals surface area (Å²) in [6, 6.07) is 11.9. The van der Waals surface area contributed by atoms with E-state index in [0.29, 0.717) is 0 Å². The predicted molar refractivity (Wildman–Crippen MR) is 71.6 cm³/mol. The zero-order valence-electron chi connectivity index (χ0n) is 9.21. The van der Waals surface area contributed by atoms with Crippen LogP contribution in [0.5, 0.6) is 0 Å². The molecule has 2 aromatic rings. The Morgan fingerprint density at radius 1 is 1.24 bits per heavy atom. The van der Waals surface area contributed by atoms with E-state index in [-0.39, 0.29) is 11.3 Å². The van der Waals surface area contributed by atoms with Crippen molar-refractivity contribution in [3.05, 3.63) is 52.9 Å². The summed E-state index contributed by atoms with van der Waals surface area (Å²) < 4.78 is 13.4. The molecule has 0 amide bonds. The highest BCUT2D eigenvalue weighted by Crippen LogP contribution is 2.35. The van der Waals surface area contributed by atoms with Gasteiger partial charge in [0.2, 0.25) is 0 Å². The van der Waals surface area contributed by atoms with Gasteiger partial charge < -0.3 is 5.73 Å². The average molecular weight is 263 g/mol. The number of hydrogen-bond donors (Lipinski definition) is 1. The molecular weight excluding hydrogens is 250 g/mol. The van der Waals surface area contributed by atoms with Crippen molar-refractivity contribution >= 4 is 22.1 Å². The lowest BCUT2D eigenvalue weighted by Gasteiger charge is -2.14. The first-order valence-electron chi connectivity index (χ1n) is 5.55. The van der Waals surface area contributed by atoms with Crippen LogP contribution in [-0.2, 0) is 17.2 Å². The van der Waals surface area contributed by atoms with Gasteiger partial charge in [0.15, 0.2) is 0 Å². The molecule has 0 saturated carbocycles. The zero-order chi connectivity index (χ0) is 11.8. The Balaban J connectivity index is 1.92. The Bertz CT molecular complexity index is 550. The molecule has 2 N–H and O–H groups in total. The molecule has 0 aliphatic heterocycles. The van der Waals surface area contributed by atoms with Crippen molar-refractivity contribution in [2.45, 2.75) is 21.9 Å². The fourth-order valence-corrected chi connectivity index (χ4v) is 4.95. The van der Waals surface area contributed by atoms with Gasteiger partial charge in [-0.1, -0.05) is 30.3 Å². The molecule has 2 nitrogen and oxygen atoms in total. The number of nitrogens with two attached hydrogens (primary N) is 1. The zero-order valence-corrected chi connectivity index (χ0v) is 10.8. The number of rotatable bonds is 2. The summed E-state index contributed by atoms with van der Waals surface area (Å²) in [4.78, 5) is 0. The maximum Gasteiger partial charge on any atom is 0.0914 e. The summed E-state index contributed by atoms with van der Waals surface area (Å²) in [7, 11) is -0.990. The summed E-state index contributed by atoms with van der Waals surface area (Å²) in [6.07, 6.45) is 0.821. The van der Waals surface area contributed by atoms with Crippen molar-refractivity contribution in [1.82, 2.24) is 0 Å². The van der Waals surface area contributed by atoms with Gasteiger partial charge in [0.05, 0.1) is 20.3 Å². The van der Waals surface area contributed by atoms with Crippen LogP contribution < -0.4 is 5.73 Å². The number of fused-ring (bicyclic) bond motifs is 1. The summed E-state index contributed by atoms with van der Waals surface area (Å²) in [5.41, 5.74) is 8.61. The van der Waals surface area contributed by atoms with Crippen molar-refractivity contribution < 1.29 is 4.21 Å². The minimum absolute atomic E-state index is 0.0195. The Morgan fingerprint density at radius 3 is 2.76 bits per heavy atom. The van der Waals surface area contributed by atoms with Crippen LogP contribution in [0.15, 0.2) is 46.0 Å². The molecule has 1 aromatic carbocycles. The SMILES string of the molecule is NC1c2ccccc2CC1S(=O)c1cccs1. The van der Waals surface area contributed by atoms with E-state index in [2.05, 4.69) is 6.07 Å². The van der Waals surface area contributed by atoms with Crippen molar-refractivity contribution in [2.75, 3.05) is 0 Å². The third kappa shape index (κ3) is 1.86.